The van der Waals surface area contributed by atoms with Crippen molar-refractivity contribution < 1.29 is 9.59 Å². The van der Waals surface area contributed by atoms with Gasteiger partial charge in [0.1, 0.15) is 6.54 Å². The van der Waals surface area contributed by atoms with Gasteiger partial charge >= 0.3 is 0 Å². The minimum absolute atomic E-state index is 0.160. The molecule has 29 heavy (non-hydrogen) atoms. The van der Waals surface area contributed by atoms with E-state index in [-0.39, 0.29) is 11.8 Å². The van der Waals surface area contributed by atoms with Gasteiger partial charge in [-0.25, -0.2) is 0 Å². The van der Waals surface area contributed by atoms with E-state index >= 15 is 0 Å². The maximum Gasteiger partial charge on any atom is 0.242 e. The molecular weight excluding hydrogens is 364 g/mol. The Morgan fingerprint density at radius 1 is 0.793 bits per heavy atom. The van der Waals surface area contributed by atoms with E-state index in [4.69, 9.17) is 0 Å². The Hall–Kier alpha value is -2.34. The number of carbonyl (C=O) groups excluding carboxylic acids is 2. The number of benzene rings is 1. The molecule has 0 saturated carbocycles. The maximum atomic E-state index is 12.9. The molecule has 3 heterocycles. The molecule has 2 aliphatic heterocycles. The molecule has 1 aromatic carbocycles. The zero-order valence-electron chi connectivity index (χ0n) is 17.5. The average Bonchev–Trinajstić information content (AvgIpc) is 2.90. The molecule has 2 fully saturated rings. The summed E-state index contributed by atoms with van der Waals surface area (Å²) in [4.78, 5) is 31.7. The normalized spacial score (nSPS) is 18.8. The molecule has 0 bridgehead atoms. The number of aryl methyl sites for hydroxylation is 1. The second kappa shape index (κ2) is 8.99. The minimum atomic E-state index is 0.160. The predicted molar refractivity (Wildman–Crippen MR) is 115 cm³/mol. The van der Waals surface area contributed by atoms with Crippen LogP contribution in [0.2, 0.25) is 0 Å². The van der Waals surface area contributed by atoms with Gasteiger partial charge in [-0.15, -0.1) is 0 Å². The number of para-hydroxylation sites is 1. The van der Waals surface area contributed by atoms with Gasteiger partial charge in [0.15, 0.2) is 0 Å². The second-order valence-corrected chi connectivity index (χ2v) is 8.38. The van der Waals surface area contributed by atoms with Crippen molar-refractivity contribution in [1.29, 1.82) is 0 Å². The topological polar surface area (TPSA) is 48.8 Å². The third-order valence-corrected chi connectivity index (χ3v) is 6.35. The Morgan fingerprint density at radius 3 is 2.14 bits per heavy atom. The Labute approximate surface area is 173 Å². The smallest absolute Gasteiger partial charge is 0.242 e. The zero-order chi connectivity index (χ0) is 20.2. The first-order valence-electron chi connectivity index (χ1n) is 10.9. The number of hydrogen-bond donors (Lipinski definition) is 0. The number of fused-ring (bicyclic) bond motifs is 1. The maximum absolute atomic E-state index is 12.9. The molecular formula is C23H32N4O2. The number of hydrogen-bond acceptors (Lipinski definition) is 3. The van der Waals surface area contributed by atoms with Crippen LogP contribution in [0.1, 0.15) is 31.4 Å². The molecule has 2 amide bonds. The van der Waals surface area contributed by atoms with Crippen molar-refractivity contribution in [3.05, 3.63) is 36.0 Å². The number of carbonyl (C=O) groups is 2. The van der Waals surface area contributed by atoms with Crippen molar-refractivity contribution in [2.24, 2.45) is 0 Å². The number of piperazine rings is 1. The van der Waals surface area contributed by atoms with Crippen molar-refractivity contribution in [3.8, 4) is 0 Å². The molecule has 1 aromatic heterocycles. The summed E-state index contributed by atoms with van der Waals surface area (Å²) in [5, 5.41) is 1.18. The van der Waals surface area contributed by atoms with Crippen molar-refractivity contribution in [3.63, 3.8) is 0 Å². The minimum Gasteiger partial charge on any atom is -0.342 e. The lowest BCUT2D eigenvalue weighted by atomic mass is 10.2. The third kappa shape index (κ3) is 4.64. The number of rotatable bonds is 4. The largest absolute Gasteiger partial charge is 0.342 e. The van der Waals surface area contributed by atoms with Crippen molar-refractivity contribution in [2.45, 2.75) is 39.2 Å². The first-order valence-corrected chi connectivity index (χ1v) is 10.9. The van der Waals surface area contributed by atoms with Crippen LogP contribution in [-0.2, 0) is 16.1 Å². The molecule has 6 heteroatoms. The lowest BCUT2D eigenvalue weighted by Gasteiger charge is -2.35. The van der Waals surface area contributed by atoms with Crippen molar-refractivity contribution in [1.82, 2.24) is 19.3 Å². The van der Waals surface area contributed by atoms with E-state index < -0.39 is 0 Å². The molecule has 0 N–H and O–H groups in total. The van der Waals surface area contributed by atoms with Crippen LogP contribution in [-0.4, -0.2) is 76.9 Å². The van der Waals surface area contributed by atoms with Crippen LogP contribution in [0.3, 0.4) is 0 Å². The van der Waals surface area contributed by atoms with Gasteiger partial charge in [-0.1, -0.05) is 31.0 Å². The fourth-order valence-electron chi connectivity index (χ4n) is 4.56. The summed E-state index contributed by atoms with van der Waals surface area (Å²) in [6, 6.07) is 10.3. The molecule has 6 nitrogen and oxygen atoms in total. The molecule has 0 aliphatic carbocycles. The highest BCUT2D eigenvalue weighted by atomic mass is 16.2. The Kier molecular flexibility index (Phi) is 6.19. The van der Waals surface area contributed by atoms with Gasteiger partial charge in [0.25, 0.3) is 0 Å². The molecule has 0 atom stereocenters. The van der Waals surface area contributed by atoms with Crippen LogP contribution in [0, 0.1) is 6.92 Å². The molecule has 0 radical (unpaired) electrons. The standard InChI is InChI=1S/C23H32N4O2/c1-19-16-20-8-4-5-9-21(20)27(19)18-23(29)26-14-12-24(13-15-26)17-22(28)25-10-6-2-3-7-11-25/h4-5,8-9,16H,2-3,6-7,10-15,17-18H2,1H3. The Bertz CT molecular complexity index is 859. The fraction of sp³-hybridized carbons (Fsp3) is 0.565. The highest BCUT2D eigenvalue weighted by Gasteiger charge is 2.25. The van der Waals surface area contributed by atoms with Crippen LogP contribution in [0.25, 0.3) is 10.9 Å². The summed E-state index contributed by atoms with van der Waals surface area (Å²) in [6.07, 6.45) is 4.73. The highest BCUT2D eigenvalue weighted by molar-refractivity contribution is 5.84. The monoisotopic (exact) mass is 396 g/mol. The summed E-state index contributed by atoms with van der Waals surface area (Å²) < 4.78 is 2.10. The number of amides is 2. The summed E-state index contributed by atoms with van der Waals surface area (Å²) in [5.74, 6) is 0.411. The van der Waals surface area contributed by atoms with Crippen LogP contribution < -0.4 is 0 Å². The van der Waals surface area contributed by atoms with E-state index in [0.29, 0.717) is 26.2 Å². The van der Waals surface area contributed by atoms with Gasteiger partial charge in [0.2, 0.25) is 11.8 Å². The van der Waals surface area contributed by atoms with Gasteiger partial charge in [0.05, 0.1) is 6.54 Å². The van der Waals surface area contributed by atoms with E-state index in [9.17, 15) is 9.59 Å². The van der Waals surface area contributed by atoms with Gasteiger partial charge in [-0.05, 0) is 37.3 Å². The average molecular weight is 397 g/mol. The zero-order valence-corrected chi connectivity index (χ0v) is 17.5. The molecule has 0 unspecified atom stereocenters. The van der Waals surface area contributed by atoms with Gasteiger partial charge in [-0.3, -0.25) is 14.5 Å². The fourth-order valence-corrected chi connectivity index (χ4v) is 4.56. The number of nitrogens with zero attached hydrogens (tertiary/aromatic N) is 4. The quantitative estimate of drug-likeness (QED) is 0.798. The van der Waals surface area contributed by atoms with Crippen LogP contribution in [0.5, 0.6) is 0 Å². The van der Waals surface area contributed by atoms with E-state index in [2.05, 4.69) is 34.6 Å². The molecule has 4 rings (SSSR count). The number of likely N-dealkylation sites (tertiary alicyclic amines) is 1. The van der Waals surface area contributed by atoms with Gasteiger partial charge in [0, 0.05) is 50.5 Å². The van der Waals surface area contributed by atoms with Crippen LogP contribution in [0.4, 0.5) is 0 Å². The summed E-state index contributed by atoms with van der Waals surface area (Å²) in [6.45, 7) is 7.68. The molecule has 0 spiro atoms. The van der Waals surface area contributed by atoms with E-state index in [1.54, 1.807) is 0 Å². The Balaban J connectivity index is 1.29. The summed E-state index contributed by atoms with van der Waals surface area (Å²) in [7, 11) is 0. The SMILES string of the molecule is Cc1cc2ccccc2n1CC(=O)N1CCN(CC(=O)N2CCCCCC2)CC1. The Morgan fingerprint density at radius 2 is 1.41 bits per heavy atom. The van der Waals surface area contributed by atoms with Crippen molar-refractivity contribution in [2.75, 3.05) is 45.8 Å². The van der Waals surface area contributed by atoms with Gasteiger partial charge in [-0.2, -0.15) is 0 Å². The predicted octanol–water partition coefficient (Wildman–Crippen LogP) is 2.50. The van der Waals surface area contributed by atoms with E-state index in [1.165, 1.54) is 18.2 Å². The van der Waals surface area contributed by atoms with Gasteiger partial charge < -0.3 is 14.4 Å². The van der Waals surface area contributed by atoms with E-state index in [1.807, 2.05) is 21.9 Å². The lowest BCUT2D eigenvalue weighted by molar-refractivity contribution is -0.135. The molecule has 2 aliphatic rings. The second-order valence-electron chi connectivity index (χ2n) is 8.38. The number of aromatic nitrogens is 1. The molecule has 2 aromatic rings. The molecule has 156 valence electrons. The van der Waals surface area contributed by atoms with Crippen LogP contribution >= 0.6 is 0 Å². The van der Waals surface area contributed by atoms with Crippen LogP contribution in [0.15, 0.2) is 30.3 Å². The lowest BCUT2D eigenvalue weighted by Crippen LogP contribution is -2.52. The third-order valence-electron chi connectivity index (χ3n) is 6.35. The van der Waals surface area contributed by atoms with E-state index in [0.717, 1.165) is 50.2 Å². The molecule has 2 saturated heterocycles. The summed E-state index contributed by atoms with van der Waals surface area (Å²) in [5.41, 5.74) is 2.22. The summed E-state index contributed by atoms with van der Waals surface area (Å²) >= 11 is 0. The van der Waals surface area contributed by atoms with Crippen molar-refractivity contribution >= 4 is 22.7 Å². The highest BCUT2D eigenvalue weighted by Crippen LogP contribution is 2.19. The first kappa shape index (κ1) is 20.0. The first-order chi connectivity index (χ1) is 14.1.